The number of hydrogen-bond donors (Lipinski definition) is 1. The van der Waals surface area contributed by atoms with Crippen molar-refractivity contribution in [2.45, 2.75) is 6.18 Å². The first-order chi connectivity index (χ1) is 10.4. The molecule has 0 amide bonds. The Hall–Kier alpha value is -2.08. The molecule has 22 heavy (non-hydrogen) atoms. The Bertz CT molecular complexity index is 777. The largest absolute Gasteiger partial charge is 0.449 e. The average Bonchev–Trinajstić information content (AvgIpc) is 2.94. The summed E-state index contributed by atoms with van der Waals surface area (Å²) in [6.45, 7) is 0. The van der Waals surface area contributed by atoms with E-state index in [-0.39, 0.29) is 5.69 Å². The van der Waals surface area contributed by atoms with Crippen molar-refractivity contribution in [2.75, 3.05) is 0 Å². The lowest BCUT2D eigenvalue weighted by Gasteiger charge is -2.03. The number of halogens is 4. The fourth-order valence-electron chi connectivity index (χ4n) is 2.14. The van der Waals surface area contributed by atoms with Gasteiger partial charge in [-0.25, -0.2) is 4.98 Å². The van der Waals surface area contributed by atoms with Crippen molar-refractivity contribution in [2.24, 2.45) is 0 Å². The quantitative estimate of drug-likeness (QED) is 0.634. The van der Waals surface area contributed by atoms with Crippen molar-refractivity contribution < 1.29 is 13.2 Å². The summed E-state index contributed by atoms with van der Waals surface area (Å²) < 4.78 is 39.8. The van der Waals surface area contributed by atoms with Gasteiger partial charge in [-0.1, -0.05) is 58.4 Å². The van der Waals surface area contributed by atoms with Crippen LogP contribution in [-0.4, -0.2) is 9.97 Å². The van der Waals surface area contributed by atoms with E-state index in [0.29, 0.717) is 16.8 Å². The number of hydrogen-bond acceptors (Lipinski definition) is 1. The van der Waals surface area contributed by atoms with Gasteiger partial charge in [0.15, 0.2) is 0 Å². The maximum Gasteiger partial charge on any atom is 0.449 e. The molecule has 0 aliphatic rings. The second kappa shape index (κ2) is 5.61. The lowest BCUT2D eigenvalue weighted by atomic mass is 10.1. The standard InChI is InChI=1S/C16H10BrF3N2/c17-12-8-6-11(7-9-12)14-13(10-4-2-1-3-5-10)21-15(22-14)16(18,19)20/h1-9H,(H,21,22). The molecular weight excluding hydrogens is 357 g/mol. The van der Waals surface area contributed by atoms with E-state index in [2.05, 4.69) is 25.9 Å². The summed E-state index contributed by atoms with van der Waals surface area (Å²) in [7, 11) is 0. The summed E-state index contributed by atoms with van der Waals surface area (Å²) in [6.07, 6.45) is -4.52. The van der Waals surface area contributed by atoms with Crippen molar-refractivity contribution in [1.29, 1.82) is 0 Å². The molecule has 0 bridgehead atoms. The molecule has 3 rings (SSSR count). The first-order valence-corrected chi connectivity index (χ1v) is 7.23. The number of aromatic amines is 1. The molecule has 112 valence electrons. The molecule has 0 saturated carbocycles. The van der Waals surface area contributed by atoms with Crippen molar-refractivity contribution in [3.63, 3.8) is 0 Å². The second-order valence-corrected chi connectivity index (χ2v) is 5.60. The summed E-state index contributed by atoms with van der Waals surface area (Å²) in [4.78, 5) is 6.16. The molecule has 0 unspecified atom stereocenters. The van der Waals surface area contributed by atoms with Crippen LogP contribution in [0.4, 0.5) is 13.2 Å². The average molecular weight is 367 g/mol. The van der Waals surface area contributed by atoms with Crippen LogP contribution < -0.4 is 0 Å². The topological polar surface area (TPSA) is 28.7 Å². The van der Waals surface area contributed by atoms with Gasteiger partial charge in [-0.15, -0.1) is 0 Å². The minimum atomic E-state index is -4.52. The van der Waals surface area contributed by atoms with Gasteiger partial charge in [0.25, 0.3) is 0 Å². The van der Waals surface area contributed by atoms with Crippen molar-refractivity contribution in [1.82, 2.24) is 9.97 Å². The number of benzene rings is 2. The predicted octanol–water partition coefficient (Wildman–Crippen LogP) is 5.53. The zero-order valence-electron chi connectivity index (χ0n) is 11.2. The minimum absolute atomic E-state index is 0.287. The van der Waals surface area contributed by atoms with Crippen LogP contribution in [0.3, 0.4) is 0 Å². The molecule has 2 nitrogen and oxygen atoms in total. The lowest BCUT2D eigenvalue weighted by Crippen LogP contribution is -2.07. The van der Waals surface area contributed by atoms with Gasteiger partial charge in [0.1, 0.15) is 0 Å². The van der Waals surface area contributed by atoms with Crippen molar-refractivity contribution >= 4 is 15.9 Å². The Kier molecular flexibility index (Phi) is 3.78. The molecule has 0 fully saturated rings. The number of rotatable bonds is 2. The molecule has 2 aromatic carbocycles. The van der Waals surface area contributed by atoms with Crippen molar-refractivity contribution in [3.8, 4) is 22.5 Å². The third-order valence-corrected chi connectivity index (χ3v) is 3.68. The van der Waals surface area contributed by atoms with E-state index < -0.39 is 12.0 Å². The van der Waals surface area contributed by atoms with Gasteiger partial charge in [-0.3, -0.25) is 0 Å². The van der Waals surface area contributed by atoms with Crippen LogP contribution >= 0.6 is 15.9 Å². The number of nitrogens with one attached hydrogen (secondary N) is 1. The van der Waals surface area contributed by atoms with E-state index in [1.165, 1.54) is 0 Å². The van der Waals surface area contributed by atoms with Crippen LogP contribution in [0.1, 0.15) is 5.82 Å². The van der Waals surface area contributed by atoms with Crippen molar-refractivity contribution in [3.05, 3.63) is 64.9 Å². The highest BCUT2D eigenvalue weighted by Gasteiger charge is 2.36. The normalized spacial score (nSPS) is 11.6. The third-order valence-electron chi connectivity index (χ3n) is 3.15. The molecule has 3 aromatic rings. The molecule has 0 aliphatic heterocycles. The second-order valence-electron chi connectivity index (χ2n) is 4.68. The molecular formula is C16H10BrF3N2. The Morgan fingerprint density at radius 2 is 1.50 bits per heavy atom. The van der Waals surface area contributed by atoms with Crippen LogP contribution in [0.5, 0.6) is 0 Å². The van der Waals surface area contributed by atoms with Gasteiger partial charge in [-0.05, 0) is 12.1 Å². The number of alkyl halides is 3. The molecule has 0 atom stereocenters. The van der Waals surface area contributed by atoms with Crippen LogP contribution in [0, 0.1) is 0 Å². The van der Waals surface area contributed by atoms with E-state index in [4.69, 9.17) is 0 Å². The number of nitrogens with zero attached hydrogens (tertiary/aromatic N) is 1. The van der Waals surface area contributed by atoms with Gasteiger partial charge in [0.2, 0.25) is 5.82 Å². The molecule has 0 saturated heterocycles. The summed E-state index contributed by atoms with van der Waals surface area (Å²) in [6, 6.07) is 15.8. The fraction of sp³-hybridized carbons (Fsp3) is 0.0625. The number of imidazole rings is 1. The molecule has 1 N–H and O–H groups in total. The van der Waals surface area contributed by atoms with Gasteiger partial charge >= 0.3 is 6.18 Å². The molecule has 0 spiro atoms. The maximum atomic E-state index is 13.0. The van der Waals surface area contributed by atoms with Crippen LogP contribution in [0.2, 0.25) is 0 Å². The fourth-order valence-corrected chi connectivity index (χ4v) is 2.40. The molecule has 1 aromatic heterocycles. The van der Waals surface area contributed by atoms with Gasteiger partial charge < -0.3 is 4.98 Å². The van der Waals surface area contributed by atoms with E-state index >= 15 is 0 Å². The molecule has 0 radical (unpaired) electrons. The number of aromatic nitrogens is 2. The highest BCUT2D eigenvalue weighted by atomic mass is 79.9. The number of H-pyrrole nitrogens is 1. The summed E-state index contributed by atoms with van der Waals surface area (Å²) in [5.41, 5.74) is 1.92. The van der Waals surface area contributed by atoms with E-state index in [1.54, 1.807) is 54.6 Å². The zero-order valence-corrected chi connectivity index (χ0v) is 12.7. The van der Waals surface area contributed by atoms with E-state index in [1.807, 2.05) is 0 Å². The highest BCUT2D eigenvalue weighted by Crippen LogP contribution is 2.35. The highest BCUT2D eigenvalue weighted by molar-refractivity contribution is 9.10. The molecule has 1 heterocycles. The first-order valence-electron chi connectivity index (χ1n) is 6.44. The van der Waals surface area contributed by atoms with Crippen LogP contribution in [0.25, 0.3) is 22.5 Å². The summed E-state index contributed by atoms with van der Waals surface area (Å²) in [5.74, 6) is -0.996. The maximum absolute atomic E-state index is 13.0. The van der Waals surface area contributed by atoms with Gasteiger partial charge in [-0.2, -0.15) is 13.2 Å². The first kappa shape index (κ1) is 14.8. The Labute approximate surface area is 133 Å². The van der Waals surface area contributed by atoms with E-state index in [0.717, 1.165) is 4.47 Å². The Morgan fingerprint density at radius 1 is 0.864 bits per heavy atom. The summed E-state index contributed by atoms with van der Waals surface area (Å²) >= 11 is 3.31. The monoisotopic (exact) mass is 366 g/mol. The third kappa shape index (κ3) is 2.92. The van der Waals surface area contributed by atoms with E-state index in [9.17, 15) is 13.2 Å². The Balaban J connectivity index is 2.19. The molecule has 6 heteroatoms. The Morgan fingerprint density at radius 3 is 2.09 bits per heavy atom. The predicted molar refractivity (Wildman–Crippen MR) is 82.2 cm³/mol. The lowest BCUT2D eigenvalue weighted by molar-refractivity contribution is -0.144. The van der Waals surface area contributed by atoms with Crippen LogP contribution in [0.15, 0.2) is 59.1 Å². The zero-order chi connectivity index (χ0) is 15.7. The van der Waals surface area contributed by atoms with Crippen LogP contribution in [-0.2, 0) is 6.18 Å². The molecule has 0 aliphatic carbocycles. The smallest absolute Gasteiger partial charge is 0.334 e. The van der Waals surface area contributed by atoms with Gasteiger partial charge in [0, 0.05) is 15.6 Å². The minimum Gasteiger partial charge on any atom is -0.334 e. The van der Waals surface area contributed by atoms with Gasteiger partial charge in [0.05, 0.1) is 11.4 Å². The summed E-state index contributed by atoms with van der Waals surface area (Å²) in [5, 5.41) is 0. The SMILES string of the molecule is FC(F)(F)c1nc(-c2ccccc2)c(-c2ccc(Br)cc2)[nH]1.